The number of hydrogen-bond donors (Lipinski definition) is 0. The van der Waals surface area contributed by atoms with Crippen molar-refractivity contribution in [2.24, 2.45) is 0 Å². The van der Waals surface area contributed by atoms with Crippen LogP contribution in [0.3, 0.4) is 0 Å². The van der Waals surface area contributed by atoms with E-state index in [9.17, 15) is 8.42 Å². The Balaban J connectivity index is 1.80. The number of ether oxygens (including phenoxy) is 1. The Morgan fingerprint density at radius 3 is 2.27 bits per heavy atom. The van der Waals surface area contributed by atoms with Crippen LogP contribution < -0.4 is 4.74 Å². The predicted octanol–water partition coefficient (Wildman–Crippen LogP) is 3.82. The molecule has 0 saturated heterocycles. The van der Waals surface area contributed by atoms with Crippen molar-refractivity contribution in [3.63, 3.8) is 0 Å². The van der Waals surface area contributed by atoms with E-state index >= 15 is 0 Å². The first kappa shape index (κ1) is 14.6. The first-order valence-electron chi connectivity index (χ1n) is 6.93. The number of fused-ring (bicyclic) bond motifs is 1. The minimum absolute atomic E-state index is 0.296. The average molecular weight is 312 g/mol. The maximum atomic E-state index is 11.4. The van der Waals surface area contributed by atoms with Crippen molar-refractivity contribution < 1.29 is 13.2 Å². The fourth-order valence-electron chi connectivity index (χ4n) is 2.36. The fraction of sp³-hybridized carbons (Fsp3) is 0.111. The lowest BCUT2D eigenvalue weighted by Crippen LogP contribution is -1.99. The zero-order valence-electron chi connectivity index (χ0n) is 12.2. The zero-order chi connectivity index (χ0) is 15.6. The summed E-state index contributed by atoms with van der Waals surface area (Å²) in [5.74, 6) is 0.653. The van der Waals surface area contributed by atoms with E-state index in [1.54, 1.807) is 24.3 Å². The molecule has 3 aromatic rings. The van der Waals surface area contributed by atoms with Crippen LogP contribution in [-0.2, 0) is 16.4 Å². The summed E-state index contributed by atoms with van der Waals surface area (Å²) in [6, 6.07) is 20.8. The molecular formula is C18H16O3S. The highest BCUT2D eigenvalue weighted by molar-refractivity contribution is 7.90. The molecule has 3 rings (SSSR count). The summed E-state index contributed by atoms with van der Waals surface area (Å²) in [5, 5.41) is 2.34. The molecule has 0 amide bonds. The van der Waals surface area contributed by atoms with E-state index in [1.165, 1.54) is 11.6 Å². The van der Waals surface area contributed by atoms with Gasteiger partial charge in [0, 0.05) is 6.26 Å². The van der Waals surface area contributed by atoms with Gasteiger partial charge in [-0.1, -0.05) is 42.5 Å². The van der Waals surface area contributed by atoms with Crippen LogP contribution in [-0.4, -0.2) is 14.7 Å². The summed E-state index contributed by atoms with van der Waals surface area (Å²) < 4.78 is 28.6. The van der Waals surface area contributed by atoms with Crippen LogP contribution in [0.5, 0.6) is 5.75 Å². The van der Waals surface area contributed by atoms with Gasteiger partial charge in [-0.3, -0.25) is 0 Å². The van der Waals surface area contributed by atoms with Gasteiger partial charge in [-0.25, -0.2) is 8.42 Å². The highest BCUT2D eigenvalue weighted by atomic mass is 32.2. The minimum Gasteiger partial charge on any atom is -0.489 e. The Morgan fingerprint density at radius 1 is 0.864 bits per heavy atom. The van der Waals surface area contributed by atoms with E-state index in [0.717, 1.165) is 10.9 Å². The Bertz CT molecular complexity index is 892. The smallest absolute Gasteiger partial charge is 0.175 e. The monoisotopic (exact) mass is 312 g/mol. The summed E-state index contributed by atoms with van der Waals surface area (Å²) >= 11 is 0. The second kappa shape index (κ2) is 5.81. The topological polar surface area (TPSA) is 43.4 Å². The third-order valence-corrected chi connectivity index (χ3v) is 4.65. The molecule has 0 radical (unpaired) electrons. The molecule has 0 atom stereocenters. The molecule has 3 nitrogen and oxygen atoms in total. The Morgan fingerprint density at radius 2 is 1.55 bits per heavy atom. The third-order valence-electron chi connectivity index (χ3n) is 3.53. The van der Waals surface area contributed by atoms with Crippen LogP contribution in [0.25, 0.3) is 10.8 Å². The summed E-state index contributed by atoms with van der Waals surface area (Å²) in [7, 11) is -3.17. The van der Waals surface area contributed by atoms with Crippen molar-refractivity contribution in [1.82, 2.24) is 0 Å². The molecule has 4 heteroatoms. The highest BCUT2D eigenvalue weighted by Crippen LogP contribution is 2.21. The molecule has 0 N–H and O–H groups in total. The largest absolute Gasteiger partial charge is 0.489 e. The van der Waals surface area contributed by atoms with Crippen LogP contribution in [0.15, 0.2) is 71.6 Å². The summed E-state index contributed by atoms with van der Waals surface area (Å²) in [6.45, 7) is 0.444. The highest BCUT2D eigenvalue weighted by Gasteiger charge is 2.07. The lowest BCUT2D eigenvalue weighted by Gasteiger charge is -2.09. The van der Waals surface area contributed by atoms with Crippen molar-refractivity contribution >= 4 is 20.6 Å². The molecule has 3 aromatic carbocycles. The second-order valence-electron chi connectivity index (χ2n) is 5.17. The maximum absolute atomic E-state index is 11.4. The molecule has 0 heterocycles. The van der Waals surface area contributed by atoms with E-state index in [-0.39, 0.29) is 0 Å². The first-order chi connectivity index (χ1) is 10.5. The van der Waals surface area contributed by atoms with E-state index in [1.807, 2.05) is 24.3 Å². The van der Waals surface area contributed by atoms with Gasteiger partial charge >= 0.3 is 0 Å². The Hall–Kier alpha value is -2.33. The fourth-order valence-corrected chi connectivity index (χ4v) is 2.99. The van der Waals surface area contributed by atoms with Crippen LogP contribution in [0.1, 0.15) is 5.56 Å². The number of sulfone groups is 1. The SMILES string of the molecule is CS(=O)(=O)c1ccc(OCc2cccc3ccccc23)cc1. The minimum atomic E-state index is -3.17. The molecular weight excluding hydrogens is 296 g/mol. The van der Waals surface area contributed by atoms with Gasteiger partial charge in [0.05, 0.1) is 4.90 Å². The van der Waals surface area contributed by atoms with E-state index < -0.39 is 9.84 Å². The van der Waals surface area contributed by atoms with Crippen LogP contribution >= 0.6 is 0 Å². The lowest BCUT2D eigenvalue weighted by atomic mass is 10.1. The van der Waals surface area contributed by atoms with Gasteiger partial charge in [-0.05, 0) is 40.6 Å². The lowest BCUT2D eigenvalue weighted by molar-refractivity contribution is 0.307. The van der Waals surface area contributed by atoms with Gasteiger partial charge in [0.1, 0.15) is 12.4 Å². The molecule has 0 saturated carbocycles. The van der Waals surface area contributed by atoms with Gasteiger partial charge < -0.3 is 4.74 Å². The molecule has 0 bridgehead atoms. The first-order valence-corrected chi connectivity index (χ1v) is 8.83. The van der Waals surface area contributed by atoms with Gasteiger partial charge in [0.15, 0.2) is 9.84 Å². The van der Waals surface area contributed by atoms with Crippen molar-refractivity contribution in [2.45, 2.75) is 11.5 Å². The van der Waals surface area contributed by atoms with E-state index in [0.29, 0.717) is 17.3 Å². The van der Waals surface area contributed by atoms with Crippen molar-refractivity contribution in [3.05, 3.63) is 72.3 Å². The molecule has 0 aliphatic carbocycles. The normalized spacial score (nSPS) is 11.5. The van der Waals surface area contributed by atoms with Gasteiger partial charge in [0.25, 0.3) is 0 Å². The van der Waals surface area contributed by atoms with E-state index in [2.05, 4.69) is 18.2 Å². The molecule has 112 valence electrons. The number of hydrogen-bond acceptors (Lipinski definition) is 3. The van der Waals surface area contributed by atoms with Crippen molar-refractivity contribution in [1.29, 1.82) is 0 Å². The zero-order valence-corrected chi connectivity index (χ0v) is 13.0. The van der Waals surface area contributed by atoms with Crippen molar-refractivity contribution in [3.8, 4) is 5.75 Å². The van der Waals surface area contributed by atoms with Gasteiger partial charge in [-0.2, -0.15) is 0 Å². The molecule has 0 unspecified atom stereocenters. The summed E-state index contributed by atoms with van der Waals surface area (Å²) in [5.41, 5.74) is 1.10. The van der Waals surface area contributed by atoms with Crippen molar-refractivity contribution in [2.75, 3.05) is 6.26 Å². The maximum Gasteiger partial charge on any atom is 0.175 e. The summed E-state index contributed by atoms with van der Waals surface area (Å²) in [4.78, 5) is 0.296. The number of benzene rings is 3. The second-order valence-corrected chi connectivity index (χ2v) is 7.19. The molecule has 0 spiro atoms. The third kappa shape index (κ3) is 3.12. The standard InChI is InChI=1S/C18H16O3S/c1-22(19,20)17-11-9-16(10-12-17)21-13-15-7-4-6-14-5-2-3-8-18(14)15/h2-12H,13H2,1H3. The van der Waals surface area contributed by atoms with Crippen LogP contribution in [0.4, 0.5) is 0 Å². The average Bonchev–Trinajstić information content (AvgIpc) is 2.52. The number of rotatable bonds is 4. The van der Waals surface area contributed by atoms with E-state index in [4.69, 9.17) is 4.74 Å². The molecule has 0 aliphatic rings. The molecule has 22 heavy (non-hydrogen) atoms. The predicted molar refractivity (Wildman–Crippen MR) is 87.8 cm³/mol. The molecule has 0 aliphatic heterocycles. The Labute approximate surface area is 130 Å². The summed E-state index contributed by atoms with van der Waals surface area (Å²) in [6.07, 6.45) is 1.19. The van der Waals surface area contributed by atoms with Crippen LogP contribution in [0, 0.1) is 0 Å². The quantitative estimate of drug-likeness (QED) is 0.735. The van der Waals surface area contributed by atoms with Gasteiger partial charge in [-0.15, -0.1) is 0 Å². The van der Waals surface area contributed by atoms with Crippen LogP contribution in [0.2, 0.25) is 0 Å². The molecule has 0 aromatic heterocycles. The Kier molecular flexibility index (Phi) is 3.86. The van der Waals surface area contributed by atoms with Gasteiger partial charge in [0.2, 0.25) is 0 Å². The molecule has 0 fully saturated rings.